The molecule has 1 aromatic rings. The highest BCUT2D eigenvalue weighted by molar-refractivity contribution is 6.16. The molecule has 2 aliphatic heterocycles. The van der Waals surface area contributed by atoms with Crippen LogP contribution in [0.5, 0.6) is 0 Å². The van der Waals surface area contributed by atoms with Gasteiger partial charge >= 0.3 is 17.8 Å². The van der Waals surface area contributed by atoms with E-state index in [1.165, 1.54) is 35.4 Å². The van der Waals surface area contributed by atoms with E-state index < -0.39 is 23.6 Å². The monoisotopic (exact) mass is 353 g/mol. The highest BCUT2D eigenvalue weighted by atomic mass is 19.4. The van der Waals surface area contributed by atoms with E-state index in [9.17, 15) is 22.4 Å². The maximum Gasteiger partial charge on any atom is 0.445 e. The molecule has 130 valence electrons. The Hall–Kier alpha value is -2.97. The highest BCUT2D eigenvalue weighted by Crippen LogP contribution is 2.39. The Morgan fingerprint density at radius 3 is 2.44 bits per heavy atom. The fourth-order valence-corrected chi connectivity index (χ4v) is 2.38. The van der Waals surface area contributed by atoms with E-state index >= 15 is 0 Å². The summed E-state index contributed by atoms with van der Waals surface area (Å²) in [6.45, 7) is 0. The predicted octanol–water partition coefficient (Wildman–Crippen LogP) is 2.80. The lowest BCUT2D eigenvalue weighted by Crippen LogP contribution is -2.55. The molecule has 0 bridgehead atoms. The second-order valence-corrected chi connectivity index (χ2v) is 5.14. The highest BCUT2D eigenvalue weighted by Gasteiger charge is 2.64. The number of nitrogens with zero attached hydrogens (tertiary/aromatic N) is 3. The van der Waals surface area contributed by atoms with Gasteiger partial charge in [-0.3, -0.25) is 4.90 Å². The number of esters is 1. The number of benzene rings is 1. The van der Waals surface area contributed by atoms with Gasteiger partial charge in [-0.1, -0.05) is 6.08 Å². The second-order valence-electron chi connectivity index (χ2n) is 5.14. The lowest BCUT2D eigenvalue weighted by molar-refractivity contribution is -0.202. The zero-order chi connectivity index (χ0) is 18.2. The van der Waals surface area contributed by atoms with Gasteiger partial charge in [0, 0.05) is 11.8 Å². The van der Waals surface area contributed by atoms with Crippen LogP contribution in [0.4, 0.5) is 17.6 Å². The number of methoxy groups -OCH3 is 1. The molecule has 0 radical (unpaired) electrons. The van der Waals surface area contributed by atoms with Crippen LogP contribution in [0, 0.1) is 5.82 Å². The first kappa shape index (κ1) is 16.9. The van der Waals surface area contributed by atoms with Gasteiger partial charge in [-0.2, -0.15) is 13.2 Å². The van der Waals surface area contributed by atoms with Crippen molar-refractivity contribution in [2.45, 2.75) is 11.8 Å². The van der Waals surface area contributed by atoms with Crippen LogP contribution in [-0.2, 0) is 9.53 Å². The molecule has 1 atom stereocenters. The Morgan fingerprint density at radius 1 is 1.16 bits per heavy atom. The summed E-state index contributed by atoms with van der Waals surface area (Å²) in [6, 6.07) is 4.70. The van der Waals surface area contributed by atoms with Crippen molar-refractivity contribution in [3.05, 3.63) is 60.1 Å². The molecule has 0 amide bonds. The van der Waals surface area contributed by atoms with Gasteiger partial charge in [0.25, 0.3) is 0 Å². The van der Waals surface area contributed by atoms with Crippen LogP contribution in [0.2, 0.25) is 0 Å². The lowest BCUT2D eigenvalue weighted by atomic mass is 10.1. The molecular formula is C16H11F4N3O2. The molecular weight excluding hydrogens is 342 g/mol. The van der Waals surface area contributed by atoms with E-state index in [4.69, 9.17) is 0 Å². The summed E-state index contributed by atoms with van der Waals surface area (Å²) >= 11 is 0. The van der Waals surface area contributed by atoms with E-state index in [-0.39, 0.29) is 17.2 Å². The van der Waals surface area contributed by atoms with Gasteiger partial charge in [0.05, 0.1) is 7.11 Å². The number of hydrogen-bond donors (Lipinski definition) is 0. The summed E-state index contributed by atoms with van der Waals surface area (Å²) in [5.74, 6) is -2.55. The number of hydrogen-bond acceptors (Lipinski definition) is 5. The van der Waals surface area contributed by atoms with Crippen molar-refractivity contribution in [2.24, 2.45) is 9.98 Å². The fourth-order valence-electron chi connectivity index (χ4n) is 2.38. The van der Waals surface area contributed by atoms with Gasteiger partial charge in [0.2, 0.25) is 0 Å². The topological polar surface area (TPSA) is 54.3 Å². The zero-order valence-corrected chi connectivity index (χ0v) is 12.8. The molecule has 25 heavy (non-hydrogen) atoms. The Morgan fingerprint density at radius 2 is 1.84 bits per heavy atom. The first-order chi connectivity index (χ1) is 11.8. The maximum absolute atomic E-state index is 13.7. The molecule has 9 heteroatoms. The summed E-state index contributed by atoms with van der Waals surface area (Å²) in [6.07, 6.45) is 0.665. The molecule has 0 saturated carbocycles. The van der Waals surface area contributed by atoms with Crippen LogP contribution in [0.15, 0.2) is 58.7 Å². The molecule has 0 fully saturated rings. The zero-order valence-electron chi connectivity index (χ0n) is 12.8. The van der Waals surface area contributed by atoms with Crippen LogP contribution in [0.1, 0.15) is 5.56 Å². The van der Waals surface area contributed by atoms with Gasteiger partial charge in [0.1, 0.15) is 17.5 Å². The minimum atomic E-state index is -5.13. The Balaban J connectivity index is 2.25. The average Bonchev–Trinajstić information content (AvgIpc) is 2.59. The lowest BCUT2D eigenvalue weighted by Gasteiger charge is -2.35. The molecule has 0 N–H and O–H groups in total. The summed E-state index contributed by atoms with van der Waals surface area (Å²) in [5, 5.41) is 0. The third-order valence-electron chi connectivity index (χ3n) is 3.58. The van der Waals surface area contributed by atoms with E-state index in [1.807, 2.05) is 0 Å². The van der Waals surface area contributed by atoms with Crippen molar-refractivity contribution in [1.29, 1.82) is 0 Å². The number of allylic oxidation sites excluding steroid dienone is 2. The number of aliphatic imine (C=N–C) groups is 2. The van der Waals surface area contributed by atoms with Crippen LogP contribution >= 0.6 is 0 Å². The van der Waals surface area contributed by atoms with Crippen LogP contribution in [0.3, 0.4) is 0 Å². The summed E-state index contributed by atoms with van der Waals surface area (Å²) < 4.78 is 58.6. The normalized spacial score (nSPS) is 22.2. The van der Waals surface area contributed by atoms with Crippen molar-refractivity contribution in [3.63, 3.8) is 0 Å². The smallest absolute Gasteiger partial charge is 0.445 e. The number of alkyl halides is 3. The van der Waals surface area contributed by atoms with E-state index in [0.29, 0.717) is 0 Å². The molecule has 1 unspecified atom stereocenters. The number of fused-ring (bicyclic) bond motifs is 1. The van der Waals surface area contributed by atoms with Crippen molar-refractivity contribution in [3.8, 4) is 0 Å². The third-order valence-corrected chi connectivity index (χ3v) is 3.58. The standard InChI is InChI=1S/C16H11F4N3O2/c1-25-14(24)15(16(18,19)20)21-12-4-2-3-9-23(12)13(22-15)10-5-7-11(17)8-6-10/h2-9H,1H3. The molecule has 0 saturated heterocycles. The molecule has 2 aliphatic rings. The van der Waals surface area contributed by atoms with Gasteiger partial charge in [-0.25, -0.2) is 19.2 Å². The number of halogens is 4. The largest absolute Gasteiger partial charge is 0.465 e. The third kappa shape index (κ3) is 2.71. The Bertz CT molecular complexity index is 825. The average molecular weight is 353 g/mol. The predicted molar refractivity (Wildman–Crippen MR) is 81.3 cm³/mol. The minimum Gasteiger partial charge on any atom is -0.465 e. The van der Waals surface area contributed by atoms with Crippen LogP contribution < -0.4 is 0 Å². The first-order valence-corrected chi connectivity index (χ1v) is 7.03. The van der Waals surface area contributed by atoms with Gasteiger partial charge < -0.3 is 4.74 Å². The number of rotatable bonds is 2. The van der Waals surface area contributed by atoms with E-state index in [0.717, 1.165) is 19.2 Å². The number of carbonyl (C=O) groups is 1. The molecule has 3 rings (SSSR count). The summed E-state index contributed by atoms with van der Waals surface area (Å²) in [7, 11) is 0.825. The van der Waals surface area contributed by atoms with Gasteiger partial charge in [-0.15, -0.1) is 0 Å². The molecule has 0 aromatic heterocycles. The van der Waals surface area contributed by atoms with Crippen molar-refractivity contribution < 1.29 is 27.1 Å². The minimum absolute atomic E-state index is 0.139. The number of carbonyl (C=O) groups excluding carboxylic acids is 1. The maximum atomic E-state index is 13.7. The van der Waals surface area contributed by atoms with E-state index in [2.05, 4.69) is 14.7 Å². The molecule has 0 spiro atoms. The molecule has 0 aliphatic carbocycles. The summed E-state index contributed by atoms with van der Waals surface area (Å²) in [5.41, 5.74) is -3.24. The number of ether oxygens (including phenoxy) is 1. The van der Waals surface area contributed by atoms with Gasteiger partial charge in [0.15, 0.2) is 0 Å². The van der Waals surface area contributed by atoms with Crippen LogP contribution in [0.25, 0.3) is 0 Å². The summed E-state index contributed by atoms with van der Waals surface area (Å²) in [4.78, 5) is 20.3. The molecule has 1 aromatic carbocycles. The van der Waals surface area contributed by atoms with Gasteiger partial charge in [-0.05, 0) is 36.4 Å². The second kappa shape index (κ2) is 5.83. The number of amidine groups is 2. The fraction of sp³-hybridized carbons (Fsp3) is 0.188. The molecule has 5 nitrogen and oxygen atoms in total. The SMILES string of the molecule is COC(=O)C1(C(F)(F)F)N=C2C=CC=CN2C(c2ccc(F)cc2)=N1. The Labute approximate surface area is 139 Å². The van der Waals surface area contributed by atoms with Crippen molar-refractivity contribution in [2.75, 3.05) is 7.11 Å². The van der Waals surface area contributed by atoms with E-state index in [1.54, 1.807) is 6.08 Å². The van der Waals surface area contributed by atoms with Crippen molar-refractivity contribution >= 4 is 17.6 Å². The Kier molecular flexibility index (Phi) is 3.94. The quantitative estimate of drug-likeness (QED) is 0.607. The van der Waals surface area contributed by atoms with Crippen molar-refractivity contribution in [1.82, 2.24) is 4.90 Å². The van der Waals surface area contributed by atoms with Crippen LogP contribution in [-0.4, -0.2) is 41.5 Å². The molecule has 2 heterocycles. The first-order valence-electron chi connectivity index (χ1n) is 7.03.